The number of carbonyl (C=O) groups is 1. The summed E-state index contributed by atoms with van der Waals surface area (Å²) >= 11 is 0. The number of methoxy groups -OCH3 is 1. The summed E-state index contributed by atoms with van der Waals surface area (Å²) in [6.07, 6.45) is -0.638. The predicted molar refractivity (Wildman–Crippen MR) is 89.5 cm³/mol. The van der Waals surface area contributed by atoms with Crippen molar-refractivity contribution in [3.63, 3.8) is 0 Å². The molecule has 0 unspecified atom stereocenters. The first-order valence-electron chi connectivity index (χ1n) is 7.61. The molecule has 3 N–H and O–H groups in total. The Morgan fingerprint density at radius 3 is 2.17 bits per heavy atom. The van der Waals surface area contributed by atoms with Crippen LogP contribution >= 0.6 is 0 Å². The monoisotopic (exact) mass is 332 g/mol. The summed E-state index contributed by atoms with van der Waals surface area (Å²) in [6, 6.07) is 12.3. The summed E-state index contributed by atoms with van der Waals surface area (Å²) in [5.41, 5.74) is 1.57. The number of amides is 2. The molecule has 2 atom stereocenters. The maximum atomic E-state index is 13.2. The van der Waals surface area contributed by atoms with Crippen LogP contribution < -0.4 is 15.4 Å². The number of halogens is 1. The minimum Gasteiger partial charge on any atom is -0.497 e. The van der Waals surface area contributed by atoms with Gasteiger partial charge in [0.1, 0.15) is 11.6 Å². The van der Waals surface area contributed by atoms with E-state index >= 15 is 0 Å². The summed E-state index contributed by atoms with van der Waals surface area (Å²) in [4.78, 5) is 12.1. The number of urea groups is 1. The summed E-state index contributed by atoms with van der Waals surface area (Å²) in [5.74, 6) is 0.362. The van der Waals surface area contributed by atoms with E-state index in [1.165, 1.54) is 12.1 Å². The lowest BCUT2D eigenvalue weighted by atomic mass is 9.98. The van der Waals surface area contributed by atoms with Crippen molar-refractivity contribution in [3.05, 3.63) is 65.5 Å². The number of benzene rings is 2. The lowest BCUT2D eigenvalue weighted by molar-refractivity contribution is 0.187. The molecule has 0 heterocycles. The molecule has 6 heteroatoms. The highest BCUT2D eigenvalue weighted by Gasteiger charge is 2.17. The number of rotatable bonds is 6. The number of hydrogen-bond acceptors (Lipinski definition) is 3. The highest BCUT2D eigenvalue weighted by atomic mass is 19.1. The molecule has 2 amide bonds. The average molecular weight is 332 g/mol. The van der Waals surface area contributed by atoms with Gasteiger partial charge in [0.2, 0.25) is 0 Å². The summed E-state index contributed by atoms with van der Waals surface area (Å²) in [5, 5.41) is 14.7. The van der Waals surface area contributed by atoms with E-state index < -0.39 is 18.2 Å². The number of ether oxygens (including phenoxy) is 1. The first-order valence-corrected chi connectivity index (χ1v) is 7.61. The molecule has 0 spiro atoms. The summed E-state index contributed by atoms with van der Waals surface area (Å²) < 4.78 is 18.3. The van der Waals surface area contributed by atoms with E-state index in [0.29, 0.717) is 5.75 Å². The fourth-order valence-electron chi connectivity index (χ4n) is 2.23. The van der Waals surface area contributed by atoms with E-state index in [-0.39, 0.29) is 12.4 Å². The molecule has 0 aliphatic heterocycles. The van der Waals surface area contributed by atoms with Gasteiger partial charge in [0.15, 0.2) is 0 Å². The maximum Gasteiger partial charge on any atom is 0.315 e. The molecule has 2 rings (SSSR count). The third-order valence-electron chi connectivity index (χ3n) is 3.49. The molecule has 0 aliphatic carbocycles. The zero-order valence-corrected chi connectivity index (χ0v) is 13.6. The molecule has 5 nitrogen and oxygen atoms in total. The zero-order chi connectivity index (χ0) is 17.5. The Hall–Kier alpha value is -2.60. The van der Waals surface area contributed by atoms with Crippen molar-refractivity contribution in [2.75, 3.05) is 13.7 Å². The van der Waals surface area contributed by atoms with Crippen molar-refractivity contribution in [3.8, 4) is 5.75 Å². The summed E-state index contributed by atoms with van der Waals surface area (Å²) in [7, 11) is 1.58. The molecule has 0 aromatic heterocycles. The number of hydrogen-bond donors (Lipinski definition) is 3. The van der Waals surface area contributed by atoms with Gasteiger partial charge in [-0.1, -0.05) is 24.3 Å². The second-order valence-electron chi connectivity index (χ2n) is 5.46. The molecule has 0 saturated carbocycles. The third kappa shape index (κ3) is 4.96. The molecule has 0 fully saturated rings. The van der Waals surface area contributed by atoms with Crippen molar-refractivity contribution in [2.45, 2.75) is 19.1 Å². The van der Waals surface area contributed by atoms with Gasteiger partial charge < -0.3 is 20.5 Å². The van der Waals surface area contributed by atoms with E-state index in [9.17, 15) is 14.3 Å². The molecule has 0 aliphatic rings. The normalized spacial score (nSPS) is 13.0. The highest BCUT2D eigenvalue weighted by Crippen LogP contribution is 2.24. The van der Waals surface area contributed by atoms with Gasteiger partial charge >= 0.3 is 6.03 Å². The number of carbonyl (C=O) groups excluding carboxylic acids is 1. The Kier molecular flexibility index (Phi) is 6.14. The Labute approximate surface area is 140 Å². The van der Waals surface area contributed by atoms with Gasteiger partial charge in [-0.3, -0.25) is 0 Å². The topological polar surface area (TPSA) is 70.6 Å². The van der Waals surface area contributed by atoms with E-state index in [0.717, 1.165) is 11.1 Å². The van der Waals surface area contributed by atoms with Crippen LogP contribution in [0.25, 0.3) is 0 Å². The van der Waals surface area contributed by atoms with Crippen LogP contribution in [0.15, 0.2) is 48.5 Å². The average Bonchev–Trinajstić information content (AvgIpc) is 2.59. The highest BCUT2D eigenvalue weighted by molar-refractivity contribution is 5.75. The van der Waals surface area contributed by atoms with E-state index in [2.05, 4.69) is 10.6 Å². The lowest BCUT2D eigenvalue weighted by Gasteiger charge is -2.21. The zero-order valence-electron chi connectivity index (χ0n) is 13.6. The van der Waals surface area contributed by atoms with Crippen molar-refractivity contribution in [1.29, 1.82) is 0 Å². The van der Waals surface area contributed by atoms with E-state index in [1.807, 2.05) is 12.1 Å². The van der Waals surface area contributed by atoms with Crippen LogP contribution in [0.4, 0.5) is 9.18 Å². The standard InChI is InChI=1S/C18H21FN2O3/c1-12(22)11-20-18(23)21-17(13-3-7-15(19)8-4-13)14-5-9-16(24-2)10-6-14/h3-10,12,17,22H,11H2,1-2H3,(H2,20,21,23)/t12-,17-/m1/s1. The van der Waals surface area contributed by atoms with Crippen LogP contribution in [0.2, 0.25) is 0 Å². The molecule has 0 bridgehead atoms. The molecule has 128 valence electrons. The fraction of sp³-hybridized carbons (Fsp3) is 0.278. The third-order valence-corrected chi connectivity index (χ3v) is 3.49. The van der Waals surface area contributed by atoms with Gasteiger partial charge in [0.05, 0.1) is 19.3 Å². The lowest BCUT2D eigenvalue weighted by Crippen LogP contribution is -2.41. The van der Waals surface area contributed by atoms with Gasteiger partial charge in [-0.2, -0.15) is 0 Å². The van der Waals surface area contributed by atoms with Gasteiger partial charge in [-0.25, -0.2) is 9.18 Å². The maximum absolute atomic E-state index is 13.2. The first kappa shape index (κ1) is 17.7. The van der Waals surface area contributed by atoms with Gasteiger partial charge in [0, 0.05) is 6.54 Å². The van der Waals surface area contributed by atoms with Crippen LogP contribution in [-0.4, -0.2) is 30.9 Å². The number of nitrogens with one attached hydrogen (secondary N) is 2. The minimum atomic E-state index is -0.638. The Morgan fingerprint density at radius 1 is 1.12 bits per heavy atom. The number of aliphatic hydroxyl groups excluding tert-OH is 1. The number of aliphatic hydroxyl groups is 1. The summed E-state index contributed by atoms with van der Waals surface area (Å²) in [6.45, 7) is 1.73. The van der Waals surface area contributed by atoms with Crippen LogP contribution in [0.3, 0.4) is 0 Å². The molecule has 0 saturated heterocycles. The van der Waals surface area contributed by atoms with E-state index in [4.69, 9.17) is 4.74 Å². The predicted octanol–water partition coefficient (Wildman–Crippen LogP) is 2.60. The fourth-order valence-corrected chi connectivity index (χ4v) is 2.23. The second kappa shape index (κ2) is 8.31. The molecular weight excluding hydrogens is 311 g/mol. The van der Waals surface area contributed by atoms with Crippen LogP contribution in [0, 0.1) is 5.82 Å². The van der Waals surface area contributed by atoms with Crippen LogP contribution in [0.1, 0.15) is 24.1 Å². The Balaban J connectivity index is 2.23. The Morgan fingerprint density at radius 2 is 1.67 bits per heavy atom. The van der Waals surface area contributed by atoms with Crippen LogP contribution in [0.5, 0.6) is 5.75 Å². The molecule has 2 aromatic rings. The van der Waals surface area contributed by atoms with Crippen molar-refractivity contribution >= 4 is 6.03 Å². The van der Waals surface area contributed by atoms with Crippen molar-refractivity contribution in [2.24, 2.45) is 0 Å². The minimum absolute atomic E-state index is 0.143. The first-order chi connectivity index (χ1) is 11.5. The molecular formula is C18H21FN2O3. The van der Waals surface area contributed by atoms with Crippen molar-refractivity contribution in [1.82, 2.24) is 10.6 Å². The van der Waals surface area contributed by atoms with Gasteiger partial charge in [0.25, 0.3) is 0 Å². The molecule has 2 aromatic carbocycles. The second-order valence-corrected chi connectivity index (χ2v) is 5.46. The van der Waals surface area contributed by atoms with E-state index in [1.54, 1.807) is 38.3 Å². The largest absolute Gasteiger partial charge is 0.497 e. The molecule has 0 radical (unpaired) electrons. The SMILES string of the molecule is COc1ccc([C@H](NC(=O)NC[C@@H](C)O)c2ccc(F)cc2)cc1. The quantitative estimate of drug-likeness (QED) is 0.761. The van der Waals surface area contributed by atoms with Gasteiger partial charge in [-0.15, -0.1) is 0 Å². The van der Waals surface area contributed by atoms with Gasteiger partial charge in [-0.05, 0) is 42.3 Å². The van der Waals surface area contributed by atoms with Crippen LogP contribution in [-0.2, 0) is 0 Å². The molecule has 24 heavy (non-hydrogen) atoms. The van der Waals surface area contributed by atoms with Crippen molar-refractivity contribution < 1.29 is 19.0 Å². The smallest absolute Gasteiger partial charge is 0.315 e. The Bertz CT molecular complexity index is 657.